The molecule has 2 rings (SSSR count). The predicted octanol–water partition coefficient (Wildman–Crippen LogP) is 2.08. The molecule has 1 fully saturated rings. The number of hydrogen-bond acceptors (Lipinski definition) is 3. The van der Waals surface area contributed by atoms with Gasteiger partial charge in [-0.1, -0.05) is 6.07 Å². The number of hydrogen-bond donors (Lipinski definition) is 2. The van der Waals surface area contributed by atoms with Crippen LogP contribution in [0, 0.1) is 6.92 Å². The van der Waals surface area contributed by atoms with Gasteiger partial charge in [-0.15, -0.1) is 0 Å². The van der Waals surface area contributed by atoms with Crippen molar-refractivity contribution < 1.29 is 9.53 Å². The Morgan fingerprint density at radius 1 is 1.53 bits per heavy atom. The summed E-state index contributed by atoms with van der Waals surface area (Å²) in [7, 11) is 0. The summed E-state index contributed by atoms with van der Waals surface area (Å²) in [4.78, 5) is 12.1. The van der Waals surface area contributed by atoms with E-state index in [2.05, 4.69) is 5.32 Å². The fourth-order valence-corrected chi connectivity index (χ4v) is 1.99. The number of nitrogen functional groups attached to an aromatic ring is 1. The molecule has 0 bridgehead atoms. The van der Waals surface area contributed by atoms with Crippen LogP contribution < -0.4 is 11.1 Å². The van der Waals surface area contributed by atoms with E-state index in [0.29, 0.717) is 12.3 Å². The first-order chi connectivity index (χ1) is 8.01. The summed E-state index contributed by atoms with van der Waals surface area (Å²) in [5.74, 6) is -0.0938. The van der Waals surface area contributed by atoms with E-state index in [1.54, 1.807) is 6.07 Å². The highest BCUT2D eigenvalue weighted by Gasteiger charge is 2.37. The van der Waals surface area contributed by atoms with Gasteiger partial charge in [0.2, 0.25) is 0 Å². The maximum atomic E-state index is 12.1. The van der Waals surface area contributed by atoms with Crippen LogP contribution >= 0.6 is 0 Å². The molecular formula is C13H18N2O2. The zero-order valence-electron chi connectivity index (χ0n) is 10.2. The van der Waals surface area contributed by atoms with Crippen molar-refractivity contribution in [2.75, 3.05) is 17.7 Å². The van der Waals surface area contributed by atoms with E-state index >= 15 is 0 Å². The van der Waals surface area contributed by atoms with Gasteiger partial charge < -0.3 is 15.8 Å². The van der Waals surface area contributed by atoms with Gasteiger partial charge in [-0.3, -0.25) is 4.79 Å². The summed E-state index contributed by atoms with van der Waals surface area (Å²) in [6.07, 6.45) is 1.69. The Kier molecular flexibility index (Phi) is 3.07. The Labute approximate surface area is 101 Å². The molecule has 92 valence electrons. The molecule has 0 aliphatic carbocycles. The minimum absolute atomic E-state index is 0.0938. The maximum absolute atomic E-state index is 12.1. The lowest BCUT2D eigenvalue weighted by atomic mass is 10.0. The van der Waals surface area contributed by atoms with Crippen molar-refractivity contribution in [2.45, 2.75) is 32.3 Å². The van der Waals surface area contributed by atoms with E-state index in [4.69, 9.17) is 10.5 Å². The molecule has 1 heterocycles. The Morgan fingerprint density at radius 3 is 2.94 bits per heavy atom. The first kappa shape index (κ1) is 11.9. The van der Waals surface area contributed by atoms with Gasteiger partial charge in [0.1, 0.15) is 5.60 Å². The highest BCUT2D eigenvalue weighted by atomic mass is 16.5. The second kappa shape index (κ2) is 4.37. The van der Waals surface area contributed by atoms with Crippen LogP contribution in [-0.4, -0.2) is 18.1 Å². The zero-order valence-corrected chi connectivity index (χ0v) is 10.2. The second-order valence-electron chi connectivity index (χ2n) is 4.71. The maximum Gasteiger partial charge on any atom is 0.256 e. The number of ether oxygens (including phenoxy) is 1. The Morgan fingerprint density at radius 2 is 2.29 bits per heavy atom. The van der Waals surface area contributed by atoms with E-state index in [0.717, 1.165) is 24.1 Å². The van der Waals surface area contributed by atoms with Crippen LogP contribution in [0.25, 0.3) is 0 Å². The fourth-order valence-electron chi connectivity index (χ4n) is 1.99. The normalized spacial score (nSPS) is 23.6. The smallest absolute Gasteiger partial charge is 0.256 e. The molecule has 0 spiro atoms. The molecular weight excluding hydrogens is 216 g/mol. The van der Waals surface area contributed by atoms with Gasteiger partial charge in [-0.05, 0) is 44.4 Å². The summed E-state index contributed by atoms with van der Waals surface area (Å²) in [6, 6.07) is 5.48. The van der Waals surface area contributed by atoms with E-state index < -0.39 is 5.60 Å². The molecule has 1 aromatic rings. The molecule has 1 aliphatic rings. The van der Waals surface area contributed by atoms with Crippen LogP contribution in [0.1, 0.15) is 25.3 Å². The molecule has 1 aromatic carbocycles. The average Bonchev–Trinajstić information content (AvgIpc) is 2.72. The fraction of sp³-hybridized carbons (Fsp3) is 0.462. The molecule has 1 aliphatic heterocycles. The van der Waals surface area contributed by atoms with Crippen molar-refractivity contribution in [3.05, 3.63) is 23.8 Å². The van der Waals surface area contributed by atoms with Crippen LogP contribution in [0.3, 0.4) is 0 Å². The molecule has 1 saturated heterocycles. The molecule has 17 heavy (non-hydrogen) atoms. The topological polar surface area (TPSA) is 64.3 Å². The minimum Gasteiger partial charge on any atom is -0.399 e. The second-order valence-corrected chi connectivity index (χ2v) is 4.71. The van der Waals surface area contributed by atoms with Crippen LogP contribution in [0.2, 0.25) is 0 Å². The summed E-state index contributed by atoms with van der Waals surface area (Å²) in [5.41, 5.74) is 7.40. The van der Waals surface area contributed by atoms with Crippen LogP contribution in [0.5, 0.6) is 0 Å². The van der Waals surface area contributed by atoms with Crippen molar-refractivity contribution in [3.63, 3.8) is 0 Å². The largest absolute Gasteiger partial charge is 0.399 e. The minimum atomic E-state index is -0.697. The average molecular weight is 234 g/mol. The lowest BCUT2D eigenvalue weighted by Gasteiger charge is -2.22. The quantitative estimate of drug-likeness (QED) is 0.770. The number of aryl methyl sites for hydroxylation is 1. The molecule has 0 radical (unpaired) electrons. The molecule has 1 unspecified atom stereocenters. The lowest BCUT2D eigenvalue weighted by Crippen LogP contribution is -2.39. The lowest BCUT2D eigenvalue weighted by molar-refractivity contribution is -0.133. The third-order valence-corrected chi connectivity index (χ3v) is 3.21. The molecule has 3 N–H and O–H groups in total. The van der Waals surface area contributed by atoms with Crippen LogP contribution in [0.4, 0.5) is 11.4 Å². The van der Waals surface area contributed by atoms with E-state index in [1.807, 2.05) is 26.0 Å². The van der Waals surface area contributed by atoms with Gasteiger partial charge in [-0.2, -0.15) is 0 Å². The molecule has 4 heteroatoms. The van der Waals surface area contributed by atoms with E-state index in [-0.39, 0.29) is 5.91 Å². The summed E-state index contributed by atoms with van der Waals surface area (Å²) >= 11 is 0. The summed E-state index contributed by atoms with van der Waals surface area (Å²) < 4.78 is 5.50. The van der Waals surface area contributed by atoms with Gasteiger partial charge in [0.05, 0.1) is 0 Å². The Balaban J connectivity index is 2.15. The number of anilines is 2. The number of carbonyl (C=O) groups is 1. The van der Waals surface area contributed by atoms with Gasteiger partial charge in [0, 0.05) is 18.0 Å². The SMILES string of the molecule is Cc1ccc(N)cc1NC(=O)C1(C)CCCO1. The van der Waals surface area contributed by atoms with Gasteiger partial charge in [0.25, 0.3) is 5.91 Å². The number of rotatable bonds is 2. The third-order valence-electron chi connectivity index (χ3n) is 3.21. The Bertz CT molecular complexity index is 437. The van der Waals surface area contributed by atoms with Crippen molar-refractivity contribution in [1.82, 2.24) is 0 Å². The number of carbonyl (C=O) groups excluding carboxylic acids is 1. The number of nitrogens with two attached hydrogens (primary N) is 1. The molecule has 4 nitrogen and oxygen atoms in total. The third kappa shape index (κ3) is 2.42. The molecule has 1 amide bonds. The summed E-state index contributed by atoms with van der Waals surface area (Å²) in [5, 5.41) is 2.89. The molecule has 1 atom stereocenters. The number of nitrogens with one attached hydrogen (secondary N) is 1. The van der Waals surface area contributed by atoms with Gasteiger partial charge >= 0.3 is 0 Å². The Hall–Kier alpha value is -1.55. The van der Waals surface area contributed by atoms with Crippen LogP contribution in [-0.2, 0) is 9.53 Å². The van der Waals surface area contributed by atoms with Crippen molar-refractivity contribution in [1.29, 1.82) is 0 Å². The van der Waals surface area contributed by atoms with Gasteiger partial charge in [0.15, 0.2) is 0 Å². The van der Waals surface area contributed by atoms with Crippen LogP contribution in [0.15, 0.2) is 18.2 Å². The van der Waals surface area contributed by atoms with Gasteiger partial charge in [-0.25, -0.2) is 0 Å². The zero-order chi connectivity index (χ0) is 12.5. The first-order valence-corrected chi connectivity index (χ1v) is 5.83. The van der Waals surface area contributed by atoms with Crippen molar-refractivity contribution in [2.24, 2.45) is 0 Å². The van der Waals surface area contributed by atoms with E-state index in [1.165, 1.54) is 0 Å². The molecule has 0 aromatic heterocycles. The highest BCUT2D eigenvalue weighted by molar-refractivity contribution is 5.98. The number of amides is 1. The highest BCUT2D eigenvalue weighted by Crippen LogP contribution is 2.27. The van der Waals surface area contributed by atoms with E-state index in [9.17, 15) is 4.79 Å². The summed E-state index contributed by atoms with van der Waals surface area (Å²) in [6.45, 7) is 4.42. The molecule has 0 saturated carbocycles. The monoisotopic (exact) mass is 234 g/mol. The van der Waals surface area contributed by atoms with Crippen molar-refractivity contribution in [3.8, 4) is 0 Å². The first-order valence-electron chi connectivity index (χ1n) is 5.83. The standard InChI is InChI=1S/C13H18N2O2/c1-9-4-5-10(14)8-11(9)15-12(16)13(2)6-3-7-17-13/h4-5,8H,3,6-7,14H2,1-2H3,(H,15,16). The number of benzene rings is 1. The van der Waals surface area contributed by atoms with Crippen molar-refractivity contribution >= 4 is 17.3 Å². The predicted molar refractivity (Wildman–Crippen MR) is 67.8 cm³/mol.